The van der Waals surface area contributed by atoms with Crippen LogP contribution in [0.15, 0.2) is 22.8 Å². The van der Waals surface area contributed by atoms with Crippen LogP contribution in [0.3, 0.4) is 0 Å². The van der Waals surface area contributed by atoms with Crippen LogP contribution >= 0.6 is 0 Å². The smallest absolute Gasteiger partial charge is 0.329 e. The van der Waals surface area contributed by atoms with Gasteiger partial charge in [-0.05, 0) is 25.0 Å². The molecule has 0 aromatic carbocycles. The van der Waals surface area contributed by atoms with Crippen LogP contribution in [0.2, 0.25) is 0 Å². The Kier molecular flexibility index (Phi) is 3.78. The summed E-state index contributed by atoms with van der Waals surface area (Å²) in [6, 6.07) is 3.13. The molecule has 1 fully saturated rings. The molecular formula is C13H18N2O4. The number of urea groups is 1. The van der Waals surface area contributed by atoms with Crippen molar-refractivity contribution in [2.75, 3.05) is 7.05 Å². The number of carbonyl (C=O) groups is 2. The van der Waals surface area contributed by atoms with Gasteiger partial charge in [0.15, 0.2) is 0 Å². The molecule has 0 aliphatic heterocycles. The lowest BCUT2D eigenvalue weighted by Gasteiger charge is -2.28. The third-order valence-electron chi connectivity index (χ3n) is 3.53. The quantitative estimate of drug-likeness (QED) is 0.870. The molecule has 19 heavy (non-hydrogen) atoms. The van der Waals surface area contributed by atoms with E-state index in [4.69, 9.17) is 4.42 Å². The monoisotopic (exact) mass is 266 g/mol. The van der Waals surface area contributed by atoms with Crippen LogP contribution < -0.4 is 5.32 Å². The van der Waals surface area contributed by atoms with E-state index in [-0.39, 0.29) is 6.03 Å². The summed E-state index contributed by atoms with van der Waals surface area (Å²) in [6.45, 7) is 0.314. The third kappa shape index (κ3) is 2.89. The molecule has 104 valence electrons. The second-order valence-corrected chi connectivity index (χ2v) is 4.96. The van der Waals surface area contributed by atoms with Gasteiger partial charge >= 0.3 is 12.0 Å². The highest BCUT2D eigenvalue weighted by Crippen LogP contribution is 2.30. The zero-order valence-electron chi connectivity index (χ0n) is 10.9. The largest absolute Gasteiger partial charge is 0.480 e. The van der Waals surface area contributed by atoms with Crippen molar-refractivity contribution in [3.8, 4) is 0 Å². The molecule has 1 saturated carbocycles. The number of hydrogen-bond acceptors (Lipinski definition) is 3. The van der Waals surface area contributed by atoms with E-state index in [1.165, 1.54) is 11.2 Å². The molecule has 2 rings (SSSR count). The Hall–Kier alpha value is -1.98. The summed E-state index contributed by atoms with van der Waals surface area (Å²) >= 11 is 0. The lowest BCUT2D eigenvalue weighted by atomic mass is 9.98. The van der Waals surface area contributed by atoms with Crippen molar-refractivity contribution >= 4 is 12.0 Å². The van der Waals surface area contributed by atoms with Crippen molar-refractivity contribution < 1.29 is 19.1 Å². The van der Waals surface area contributed by atoms with Crippen molar-refractivity contribution in [2.45, 2.75) is 37.8 Å². The normalized spacial score (nSPS) is 17.1. The maximum absolute atomic E-state index is 12.0. The Morgan fingerprint density at radius 3 is 2.68 bits per heavy atom. The number of amides is 2. The first-order valence-electron chi connectivity index (χ1n) is 6.32. The molecule has 2 N–H and O–H groups in total. The number of furan rings is 1. The van der Waals surface area contributed by atoms with E-state index in [2.05, 4.69) is 5.32 Å². The van der Waals surface area contributed by atoms with Crippen LogP contribution in [0.25, 0.3) is 0 Å². The molecule has 0 radical (unpaired) electrons. The van der Waals surface area contributed by atoms with E-state index in [1.807, 2.05) is 0 Å². The zero-order chi connectivity index (χ0) is 13.9. The molecule has 0 saturated heterocycles. The van der Waals surface area contributed by atoms with E-state index >= 15 is 0 Å². The minimum Gasteiger partial charge on any atom is -0.480 e. The Morgan fingerprint density at radius 2 is 2.16 bits per heavy atom. The first kappa shape index (κ1) is 13.5. The third-order valence-corrected chi connectivity index (χ3v) is 3.53. The molecule has 0 bridgehead atoms. The van der Waals surface area contributed by atoms with Crippen LogP contribution in [0.5, 0.6) is 0 Å². The average Bonchev–Trinajstić information content (AvgIpc) is 3.00. The van der Waals surface area contributed by atoms with Gasteiger partial charge in [0.1, 0.15) is 11.3 Å². The van der Waals surface area contributed by atoms with Gasteiger partial charge in [0.2, 0.25) is 0 Å². The van der Waals surface area contributed by atoms with Gasteiger partial charge in [-0.3, -0.25) is 0 Å². The second-order valence-electron chi connectivity index (χ2n) is 4.96. The number of carbonyl (C=O) groups excluding carboxylic acids is 1. The number of rotatable bonds is 4. The predicted octanol–water partition coefficient (Wildman–Crippen LogP) is 1.82. The van der Waals surface area contributed by atoms with Gasteiger partial charge in [0, 0.05) is 7.05 Å². The fourth-order valence-corrected chi connectivity index (χ4v) is 2.38. The summed E-state index contributed by atoms with van der Waals surface area (Å²) in [5, 5.41) is 11.9. The van der Waals surface area contributed by atoms with Crippen molar-refractivity contribution in [1.82, 2.24) is 10.2 Å². The first-order chi connectivity index (χ1) is 9.03. The minimum absolute atomic E-state index is 0.314. The highest BCUT2D eigenvalue weighted by atomic mass is 16.4. The van der Waals surface area contributed by atoms with E-state index in [1.54, 1.807) is 19.2 Å². The van der Waals surface area contributed by atoms with Gasteiger partial charge in [0.25, 0.3) is 0 Å². The van der Waals surface area contributed by atoms with Gasteiger partial charge in [-0.2, -0.15) is 0 Å². The average molecular weight is 266 g/mol. The Labute approximate surface area is 111 Å². The summed E-state index contributed by atoms with van der Waals surface area (Å²) in [7, 11) is 1.61. The molecule has 0 atom stereocenters. The Balaban J connectivity index is 1.97. The van der Waals surface area contributed by atoms with Crippen molar-refractivity contribution in [3.63, 3.8) is 0 Å². The van der Waals surface area contributed by atoms with E-state index in [0.717, 1.165) is 12.8 Å². The van der Waals surface area contributed by atoms with Gasteiger partial charge in [-0.15, -0.1) is 0 Å². The molecular weight excluding hydrogens is 248 g/mol. The fourth-order valence-electron chi connectivity index (χ4n) is 2.38. The van der Waals surface area contributed by atoms with E-state index in [0.29, 0.717) is 25.1 Å². The highest BCUT2D eigenvalue weighted by Gasteiger charge is 2.43. The molecule has 6 heteroatoms. The first-order valence-corrected chi connectivity index (χ1v) is 6.32. The molecule has 1 aromatic heterocycles. The highest BCUT2D eigenvalue weighted by molar-refractivity contribution is 5.86. The van der Waals surface area contributed by atoms with Crippen LogP contribution in [-0.4, -0.2) is 34.6 Å². The number of carboxylic acid groups (broad SMARTS) is 1. The molecule has 1 aliphatic carbocycles. The molecule has 1 aromatic rings. The molecule has 2 amide bonds. The zero-order valence-corrected chi connectivity index (χ0v) is 10.9. The van der Waals surface area contributed by atoms with Crippen LogP contribution in [0, 0.1) is 0 Å². The number of carboxylic acids is 1. The van der Waals surface area contributed by atoms with Crippen LogP contribution in [0.1, 0.15) is 31.4 Å². The second kappa shape index (κ2) is 5.34. The predicted molar refractivity (Wildman–Crippen MR) is 67.5 cm³/mol. The van der Waals surface area contributed by atoms with Gasteiger partial charge < -0.3 is 19.7 Å². The topological polar surface area (TPSA) is 82.8 Å². The Bertz CT molecular complexity index is 449. The van der Waals surface area contributed by atoms with E-state index < -0.39 is 11.5 Å². The summed E-state index contributed by atoms with van der Waals surface area (Å²) < 4.78 is 5.16. The lowest BCUT2D eigenvalue weighted by Crippen LogP contribution is -2.55. The summed E-state index contributed by atoms with van der Waals surface area (Å²) in [4.78, 5) is 24.8. The Morgan fingerprint density at radius 1 is 1.47 bits per heavy atom. The van der Waals surface area contributed by atoms with E-state index in [9.17, 15) is 14.7 Å². The standard InChI is InChI=1S/C13H18N2O4/c1-15(9-10-5-4-8-19-10)12(18)14-13(11(16)17)6-2-3-7-13/h4-5,8H,2-3,6-7,9H2,1H3,(H,14,18)(H,16,17). The number of hydrogen-bond donors (Lipinski definition) is 2. The molecule has 0 spiro atoms. The lowest BCUT2D eigenvalue weighted by molar-refractivity contribution is -0.144. The van der Waals surface area contributed by atoms with Gasteiger partial charge in [-0.25, -0.2) is 9.59 Å². The van der Waals surface area contributed by atoms with Crippen molar-refractivity contribution in [3.05, 3.63) is 24.2 Å². The maximum atomic E-state index is 12.0. The molecule has 6 nitrogen and oxygen atoms in total. The SMILES string of the molecule is CN(Cc1ccco1)C(=O)NC1(C(=O)O)CCCC1. The summed E-state index contributed by atoms with van der Waals surface area (Å²) in [5.74, 6) is -0.293. The maximum Gasteiger partial charge on any atom is 0.329 e. The summed E-state index contributed by atoms with van der Waals surface area (Å²) in [6.07, 6.45) is 4.17. The summed E-state index contributed by atoms with van der Waals surface area (Å²) in [5.41, 5.74) is -1.10. The van der Waals surface area contributed by atoms with Gasteiger partial charge in [-0.1, -0.05) is 12.8 Å². The van der Waals surface area contributed by atoms with Crippen molar-refractivity contribution in [2.24, 2.45) is 0 Å². The fraction of sp³-hybridized carbons (Fsp3) is 0.538. The number of aliphatic carboxylic acids is 1. The van der Waals surface area contributed by atoms with Crippen molar-refractivity contribution in [1.29, 1.82) is 0 Å². The van der Waals surface area contributed by atoms with Gasteiger partial charge in [0.05, 0.1) is 12.8 Å². The number of nitrogens with one attached hydrogen (secondary N) is 1. The molecule has 0 unspecified atom stereocenters. The van der Waals surface area contributed by atoms with Crippen LogP contribution in [0.4, 0.5) is 4.79 Å². The molecule has 1 aliphatic rings. The minimum atomic E-state index is -1.10. The number of nitrogens with zero attached hydrogens (tertiary/aromatic N) is 1. The molecule has 1 heterocycles. The van der Waals surface area contributed by atoms with Crippen LogP contribution in [-0.2, 0) is 11.3 Å².